The molecule has 0 spiro atoms. The minimum Gasteiger partial charge on any atom is -0.326 e. The Balaban J connectivity index is 2.21. The number of aryl methyl sites for hydroxylation is 1. The Morgan fingerprint density at radius 1 is 1.07 bits per heavy atom. The van der Waals surface area contributed by atoms with E-state index in [0.717, 1.165) is 11.1 Å². The second kappa shape index (κ2) is 9.76. The molecule has 30 heavy (non-hydrogen) atoms. The number of sulfonamides is 2. The number of nitrogens with zero attached hydrogens (tertiary/aromatic N) is 2. The fourth-order valence-corrected chi connectivity index (χ4v) is 6.33. The van der Waals surface area contributed by atoms with Crippen molar-refractivity contribution in [2.45, 2.75) is 52.4 Å². The van der Waals surface area contributed by atoms with Crippen LogP contribution in [0.5, 0.6) is 0 Å². The Bertz CT molecular complexity index is 978. The highest BCUT2D eigenvalue weighted by Gasteiger charge is 2.31. The van der Waals surface area contributed by atoms with Crippen molar-refractivity contribution in [3.05, 3.63) is 23.3 Å². The van der Waals surface area contributed by atoms with Gasteiger partial charge in [0.15, 0.2) is 0 Å². The van der Waals surface area contributed by atoms with Crippen LogP contribution < -0.4 is 5.32 Å². The van der Waals surface area contributed by atoms with Crippen LogP contribution in [0.2, 0.25) is 0 Å². The molecule has 1 aromatic carbocycles. The molecule has 170 valence electrons. The lowest BCUT2D eigenvalue weighted by molar-refractivity contribution is -0.120. The third-order valence-corrected chi connectivity index (χ3v) is 9.73. The Labute approximate surface area is 180 Å². The van der Waals surface area contributed by atoms with Crippen molar-refractivity contribution in [3.63, 3.8) is 0 Å². The van der Waals surface area contributed by atoms with Gasteiger partial charge in [-0.25, -0.2) is 21.1 Å². The highest BCUT2D eigenvalue weighted by Crippen LogP contribution is 2.28. The molecule has 0 radical (unpaired) electrons. The average molecular weight is 460 g/mol. The summed E-state index contributed by atoms with van der Waals surface area (Å²) < 4.78 is 52.6. The number of amides is 1. The van der Waals surface area contributed by atoms with E-state index in [0.29, 0.717) is 44.7 Å². The molecule has 1 fully saturated rings. The maximum atomic E-state index is 12.9. The lowest BCUT2D eigenvalue weighted by atomic mass is 9.97. The van der Waals surface area contributed by atoms with Crippen LogP contribution in [0.1, 0.15) is 44.7 Å². The zero-order valence-electron chi connectivity index (χ0n) is 18.4. The largest absolute Gasteiger partial charge is 0.326 e. The predicted molar refractivity (Wildman–Crippen MR) is 118 cm³/mol. The lowest BCUT2D eigenvalue weighted by Gasteiger charge is -2.30. The van der Waals surface area contributed by atoms with E-state index in [9.17, 15) is 21.6 Å². The number of carbonyl (C=O) groups is 1. The molecule has 1 saturated heterocycles. The second-order valence-corrected chi connectivity index (χ2v) is 11.8. The highest BCUT2D eigenvalue weighted by atomic mass is 32.2. The van der Waals surface area contributed by atoms with Crippen LogP contribution in [0.4, 0.5) is 5.69 Å². The van der Waals surface area contributed by atoms with Gasteiger partial charge in [-0.2, -0.15) is 4.31 Å². The molecular formula is C20H33N3O5S2. The molecular weight excluding hydrogens is 426 g/mol. The fourth-order valence-electron chi connectivity index (χ4n) is 3.63. The number of rotatable bonds is 8. The van der Waals surface area contributed by atoms with Gasteiger partial charge in [0, 0.05) is 37.8 Å². The third-order valence-electron chi connectivity index (χ3n) is 5.82. The second-order valence-electron chi connectivity index (χ2n) is 7.57. The molecule has 1 aromatic rings. The van der Waals surface area contributed by atoms with E-state index in [1.54, 1.807) is 26.8 Å². The molecule has 1 heterocycles. The van der Waals surface area contributed by atoms with E-state index >= 15 is 0 Å². The van der Waals surface area contributed by atoms with Crippen molar-refractivity contribution in [1.82, 2.24) is 8.61 Å². The van der Waals surface area contributed by atoms with Crippen molar-refractivity contribution in [2.75, 3.05) is 37.2 Å². The SMILES string of the molecule is CCN(CC)S(=O)(=O)c1cc(C)c(C)c(NC(=O)C2CCN(S(=O)(=O)CC)CC2)c1. The van der Waals surface area contributed by atoms with Gasteiger partial charge in [-0.1, -0.05) is 13.8 Å². The minimum atomic E-state index is -3.64. The number of piperidine rings is 1. The number of nitrogens with one attached hydrogen (secondary N) is 1. The summed E-state index contributed by atoms with van der Waals surface area (Å²) in [6, 6.07) is 3.15. The van der Waals surface area contributed by atoms with Crippen molar-refractivity contribution in [3.8, 4) is 0 Å². The molecule has 1 aliphatic rings. The minimum absolute atomic E-state index is 0.0517. The summed E-state index contributed by atoms with van der Waals surface area (Å²) in [4.78, 5) is 13.0. The molecule has 0 atom stereocenters. The molecule has 10 heteroatoms. The molecule has 0 bridgehead atoms. The summed E-state index contributed by atoms with van der Waals surface area (Å²) in [6.07, 6.45) is 0.890. The van der Waals surface area contributed by atoms with Crippen molar-refractivity contribution in [2.24, 2.45) is 5.92 Å². The summed E-state index contributed by atoms with van der Waals surface area (Å²) in [5, 5.41) is 2.89. The van der Waals surface area contributed by atoms with Gasteiger partial charge in [-0.3, -0.25) is 4.79 Å². The molecule has 1 amide bonds. The average Bonchev–Trinajstić information content (AvgIpc) is 2.71. The van der Waals surface area contributed by atoms with E-state index in [-0.39, 0.29) is 22.5 Å². The summed E-state index contributed by atoms with van der Waals surface area (Å²) in [6.45, 7) is 10.2. The van der Waals surface area contributed by atoms with Gasteiger partial charge in [-0.05, 0) is 56.9 Å². The topological polar surface area (TPSA) is 104 Å². The third kappa shape index (κ3) is 5.22. The number of carbonyl (C=O) groups excluding carboxylic acids is 1. The van der Waals surface area contributed by atoms with E-state index in [1.807, 2.05) is 13.8 Å². The maximum Gasteiger partial charge on any atom is 0.243 e. The van der Waals surface area contributed by atoms with Gasteiger partial charge in [0.1, 0.15) is 0 Å². The Hall–Kier alpha value is -1.49. The molecule has 1 aliphatic heterocycles. The van der Waals surface area contributed by atoms with E-state index < -0.39 is 20.0 Å². The first kappa shape index (κ1) is 24.8. The standard InChI is InChI=1S/C20H33N3O5S2/c1-6-22(7-2)30(27,28)18-13-15(4)16(5)19(14-18)21-20(24)17-9-11-23(12-10-17)29(25,26)8-3/h13-14,17H,6-12H2,1-5H3,(H,21,24). The molecule has 8 nitrogen and oxygen atoms in total. The van der Waals surface area contributed by atoms with Crippen LogP contribution in [0.25, 0.3) is 0 Å². The molecule has 0 saturated carbocycles. The smallest absolute Gasteiger partial charge is 0.243 e. The van der Waals surface area contributed by atoms with Crippen LogP contribution in [0, 0.1) is 19.8 Å². The number of hydrogen-bond acceptors (Lipinski definition) is 5. The van der Waals surface area contributed by atoms with Crippen LogP contribution in [0.15, 0.2) is 17.0 Å². The fraction of sp³-hybridized carbons (Fsp3) is 0.650. The summed E-state index contributed by atoms with van der Waals surface area (Å²) >= 11 is 0. The van der Waals surface area contributed by atoms with Crippen LogP contribution in [-0.2, 0) is 24.8 Å². The monoisotopic (exact) mass is 459 g/mol. The molecule has 0 aliphatic carbocycles. The van der Waals surface area contributed by atoms with Gasteiger partial charge < -0.3 is 5.32 Å². The maximum absolute atomic E-state index is 12.9. The number of benzene rings is 1. The zero-order chi connectivity index (χ0) is 22.7. The number of anilines is 1. The molecule has 1 N–H and O–H groups in total. The summed E-state index contributed by atoms with van der Waals surface area (Å²) in [5.41, 5.74) is 2.07. The first-order valence-corrected chi connectivity index (χ1v) is 13.4. The van der Waals surface area contributed by atoms with Crippen molar-refractivity contribution >= 4 is 31.6 Å². The van der Waals surface area contributed by atoms with Crippen molar-refractivity contribution in [1.29, 1.82) is 0 Å². The molecule has 0 aromatic heterocycles. The van der Waals surface area contributed by atoms with Crippen LogP contribution in [-0.4, -0.2) is 63.3 Å². The highest BCUT2D eigenvalue weighted by molar-refractivity contribution is 7.89. The summed E-state index contributed by atoms with van der Waals surface area (Å²) in [7, 11) is -6.89. The van der Waals surface area contributed by atoms with Gasteiger partial charge in [0.05, 0.1) is 10.6 Å². The normalized spacial score (nSPS) is 16.7. The molecule has 2 rings (SSSR count). The zero-order valence-corrected chi connectivity index (χ0v) is 20.1. The van der Waals surface area contributed by atoms with E-state index in [4.69, 9.17) is 0 Å². The Kier molecular flexibility index (Phi) is 8.06. The first-order chi connectivity index (χ1) is 14.0. The Morgan fingerprint density at radius 2 is 1.63 bits per heavy atom. The van der Waals surface area contributed by atoms with E-state index in [1.165, 1.54) is 14.7 Å². The van der Waals surface area contributed by atoms with Gasteiger partial charge in [-0.15, -0.1) is 0 Å². The summed E-state index contributed by atoms with van der Waals surface area (Å²) in [5.74, 6) is -0.463. The van der Waals surface area contributed by atoms with Gasteiger partial charge in [0.25, 0.3) is 0 Å². The lowest BCUT2D eigenvalue weighted by Crippen LogP contribution is -2.42. The molecule has 0 unspecified atom stereocenters. The van der Waals surface area contributed by atoms with Gasteiger partial charge in [0.2, 0.25) is 26.0 Å². The quantitative estimate of drug-likeness (QED) is 0.643. The van der Waals surface area contributed by atoms with Crippen LogP contribution in [0.3, 0.4) is 0 Å². The van der Waals surface area contributed by atoms with Crippen molar-refractivity contribution < 1.29 is 21.6 Å². The number of hydrogen-bond donors (Lipinski definition) is 1. The van der Waals surface area contributed by atoms with E-state index in [2.05, 4.69) is 5.32 Å². The van der Waals surface area contributed by atoms with Gasteiger partial charge >= 0.3 is 0 Å². The Morgan fingerprint density at radius 3 is 2.13 bits per heavy atom. The van der Waals surface area contributed by atoms with Crippen LogP contribution >= 0.6 is 0 Å². The first-order valence-electron chi connectivity index (χ1n) is 10.4. The predicted octanol–water partition coefficient (Wildman–Crippen LogP) is 2.33.